The number of nitrogens with two attached hydrogens (primary N) is 2. The molecule has 0 aliphatic carbocycles. The number of fused-ring (bicyclic) bond motifs is 1. The molecule has 0 bridgehead atoms. The minimum atomic E-state index is -0.722. The molecule has 164 valence electrons. The minimum absolute atomic E-state index is 0.0213. The van der Waals surface area contributed by atoms with E-state index >= 15 is 0 Å². The van der Waals surface area contributed by atoms with E-state index in [1.54, 1.807) is 12.3 Å². The molecule has 2 saturated heterocycles. The van der Waals surface area contributed by atoms with Crippen molar-refractivity contribution in [3.8, 4) is 0 Å². The van der Waals surface area contributed by atoms with Gasteiger partial charge < -0.3 is 21.1 Å². The van der Waals surface area contributed by atoms with Gasteiger partial charge in [0.25, 0.3) is 0 Å². The van der Waals surface area contributed by atoms with Gasteiger partial charge in [0.05, 0.1) is 17.6 Å². The summed E-state index contributed by atoms with van der Waals surface area (Å²) in [5.74, 6) is 0.332. The second-order valence-corrected chi connectivity index (χ2v) is 9.58. The molecule has 3 aromatic heterocycles. The molecule has 31 heavy (non-hydrogen) atoms. The average molecular weight is 464 g/mol. The molecule has 0 unspecified atom stereocenters. The summed E-state index contributed by atoms with van der Waals surface area (Å²) < 4.78 is 21.5. The maximum absolute atomic E-state index is 13.8. The number of anilines is 2. The lowest BCUT2D eigenvalue weighted by molar-refractivity contribution is 0.0973. The molecule has 5 rings (SSSR count). The predicted molar refractivity (Wildman–Crippen MR) is 118 cm³/mol. The molecule has 0 radical (unpaired) electrons. The molecule has 5 heterocycles. The summed E-state index contributed by atoms with van der Waals surface area (Å²) >= 11 is 7.31. The third-order valence-electron chi connectivity index (χ3n) is 6.42. The fourth-order valence-electron chi connectivity index (χ4n) is 4.50. The summed E-state index contributed by atoms with van der Waals surface area (Å²) in [5, 5.41) is -0.0497. The van der Waals surface area contributed by atoms with Crippen molar-refractivity contribution in [2.24, 2.45) is 11.1 Å². The van der Waals surface area contributed by atoms with Crippen LogP contribution in [0.15, 0.2) is 34.4 Å². The normalized spacial score (nSPS) is 23.2. The van der Waals surface area contributed by atoms with E-state index in [9.17, 15) is 4.39 Å². The molecular formula is C20H23ClFN7OS. The van der Waals surface area contributed by atoms with Gasteiger partial charge >= 0.3 is 0 Å². The van der Waals surface area contributed by atoms with Crippen LogP contribution in [0.3, 0.4) is 0 Å². The van der Waals surface area contributed by atoms with E-state index in [1.807, 2.05) is 17.5 Å². The maximum Gasteiger partial charge on any atom is 0.232 e. The van der Waals surface area contributed by atoms with Crippen molar-refractivity contribution in [1.82, 2.24) is 19.4 Å². The van der Waals surface area contributed by atoms with Crippen LogP contribution in [0.4, 0.5) is 16.2 Å². The first-order valence-electron chi connectivity index (χ1n) is 10.1. The zero-order valence-corrected chi connectivity index (χ0v) is 18.5. The lowest BCUT2D eigenvalue weighted by Crippen LogP contribution is -2.51. The number of piperidine rings is 1. The summed E-state index contributed by atoms with van der Waals surface area (Å²) in [6.45, 7) is 4.35. The Morgan fingerprint density at radius 2 is 2.06 bits per heavy atom. The smallest absolute Gasteiger partial charge is 0.232 e. The van der Waals surface area contributed by atoms with Gasteiger partial charge in [0.1, 0.15) is 10.8 Å². The van der Waals surface area contributed by atoms with Crippen molar-refractivity contribution in [3.63, 3.8) is 0 Å². The standard InChI is InChI=1S/C20H23ClFN7OS/c1-11-15(23)20(10-30-11)3-7-28(8-4-20)19-27-17(24)14(18-26-6-9-29(18)19)31-12-2-5-25-16(22)13(12)21/h2,5-6,9,11,15H,3-4,7-8,10,23-24H2,1H3/t11-,15+/m0/s1. The first-order chi connectivity index (χ1) is 14.9. The van der Waals surface area contributed by atoms with Crippen molar-refractivity contribution in [2.45, 2.75) is 41.7 Å². The predicted octanol–water partition coefficient (Wildman–Crippen LogP) is 2.98. The third-order valence-corrected chi connectivity index (χ3v) is 8.05. The van der Waals surface area contributed by atoms with E-state index < -0.39 is 5.95 Å². The van der Waals surface area contributed by atoms with Gasteiger partial charge in [0, 0.05) is 48.0 Å². The number of imidazole rings is 1. The summed E-state index contributed by atoms with van der Waals surface area (Å²) in [6.07, 6.45) is 6.87. The number of nitrogens with zero attached hydrogens (tertiary/aromatic N) is 5. The van der Waals surface area contributed by atoms with Crippen LogP contribution < -0.4 is 16.4 Å². The molecule has 11 heteroatoms. The van der Waals surface area contributed by atoms with Gasteiger partial charge in [-0.05, 0) is 25.8 Å². The molecule has 1 spiro atoms. The largest absolute Gasteiger partial charge is 0.383 e. The van der Waals surface area contributed by atoms with E-state index in [2.05, 4.69) is 19.9 Å². The molecule has 2 fully saturated rings. The lowest BCUT2D eigenvalue weighted by Gasteiger charge is -2.41. The van der Waals surface area contributed by atoms with E-state index in [0.717, 1.165) is 31.9 Å². The first-order valence-corrected chi connectivity index (χ1v) is 11.3. The van der Waals surface area contributed by atoms with E-state index in [-0.39, 0.29) is 22.6 Å². The number of aromatic nitrogens is 4. The van der Waals surface area contributed by atoms with Crippen molar-refractivity contribution < 1.29 is 9.13 Å². The average Bonchev–Trinajstić information content (AvgIpc) is 3.35. The van der Waals surface area contributed by atoms with Crippen LogP contribution >= 0.6 is 23.4 Å². The van der Waals surface area contributed by atoms with E-state index in [4.69, 9.17) is 27.8 Å². The number of hydrogen-bond acceptors (Lipinski definition) is 8. The fraction of sp³-hybridized carbons (Fsp3) is 0.450. The van der Waals surface area contributed by atoms with Crippen LogP contribution in [0.1, 0.15) is 19.8 Å². The van der Waals surface area contributed by atoms with E-state index in [1.165, 1.54) is 18.0 Å². The molecular weight excluding hydrogens is 441 g/mol. The highest BCUT2D eigenvalue weighted by Crippen LogP contribution is 2.43. The van der Waals surface area contributed by atoms with Crippen LogP contribution in [0.2, 0.25) is 5.02 Å². The maximum atomic E-state index is 13.8. The molecule has 2 aliphatic rings. The van der Waals surface area contributed by atoms with Crippen LogP contribution in [0.25, 0.3) is 5.65 Å². The zero-order valence-electron chi connectivity index (χ0n) is 17.0. The number of nitrogen functional groups attached to an aromatic ring is 1. The zero-order chi connectivity index (χ0) is 21.8. The molecule has 2 atom stereocenters. The minimum Gasteiger partial charge on any atom is -0.383 e. The number of hydrogen-bond donors (Lipinski definition) is 2. The molecule has 4 N–H and O–H groups in total. The molecule has 3 aromatic rings. The summed E-state index contributed by atoms with van der Waals surface area (Å²) in [6, 6.07) is 1.69. The van der Waals surface area contributed by atoms with Crippen LogP contribution in [0, 0.1) is 11.4 Å². The summed E-state index contributed by atoms with van der Waals surface area (Å²) in [4.78, 5) is 16.1. The van der Waals surface area contributed by atoms with Gasteiger partial charge in [-0.15, -0.1) is 0 Å². The first kappa shape index (κ1) is 20.7. The SMILES string of the molecule is C[C@@H]1OCC2(CCN(c3nc(N)c(Sc4ccnc(F)c4Cl)c4nccn34)CC2)[C@@H]1N. The number of pyridine rings is 1. The number of ether oxygens (including phenoxy) is 1. The highest BCUT2D eigenvalue weighted by Gasteiger charge is 2.47. The topological polar surface area (TPSA) is 108 Å². The van der Waals surface area contributed by atoms with Crippen molar-refractivity contribution >= 4 is 40.8 Å². The second-order valence-electron chi connectivity index (χ2n) is 8.15. The monoisotopic (exact) mass is 463 g/mol. The Bertz CT molecular complexity index is 1130. The summed E-state index contributed by atoms with van der Waals surface area (Å²) in [5.41, 5.74) is 13.5. The molecule has 8 nitrogen and oxygen atoms in total. The Morgan fingerprint density at radius 1 is 1.29 bits per heavy atom. The molecule has 0 saturated carbocycles. The van der Waals surface area contributed by atoms with Crippen LogP contribution in [-0.4, -0.2) is 51.2 Å². The van der Waals surface area contributed by atoms with Crippen molar-refractivity contribution in [3.05, 3.63) is 35.6 Å². The molecule has 0 aromatic carbocycles. The second kappa shape index (κ2) is 7.77. The Labute approximate surface area is 188 Å². The highest BCUT2D eigenvalue weighted by atomic mass is 35.5. The lowest BCUT2D eigenvalue weighted by atomic mass is 9.73. The number of rotatable bonds is 3. The van der Waals surface area contributed by atoms with Crippen molar-refractivity contribution in [2.75, 3.05) is 30.3 Å². The Morgan fingerprint density at radius 3 is 2.77 bits per heavy atom. The van der Waals surface area contributed by atoms with Gasteiger partial charge in [-0.1, -0.05) is 23.4 Å². The Kier molecular flexibility index (Phi) is 5.20. The van der Waals surface area contributed by atoms with Gasteiger partial charge in [-0.25, -0.2) is 9.97 Å². The van der Waals surface area contributed by atoms with Crippen LogP contribution in [0.5, 0.6) is 0 Å². The molecule has 2 aliphatic heterocycles. The molecule has 0 amide bonds. The number of halogens is 2. The third kappa shape index (κ3) is 3.42. The van der Waals surface area contributed by atoms with Gasteiger partial charge in [0.15, 0.2) is 5.65 Å². The highest BCUT2D eigenvalue weighted by molar-refractivity contribution is 7.99. The van der Waals surface area contributed by atoms with Gasteiger partial charge in [-0.2, -0.15) is 9.37 Å². The van der Waals surface area contributed by atoms with Crippen LogP contribution in [-0.2, 0) is 4.74 Å². The summed E-state index contributed by atoms with van der Waals surface area (Å²) in [7, 11) is 0. The fourth-order valence-corrected chi connectivity index (χ4v) is 5.64. The Hall–Kier alpha value is -2.14. The quantitative estimate of drug-likeness (QED) is 0.571. The Balaban J connectivity index is 1.45. The van der Waals surface area contributed by atoms with Gasteiger partial charge in [0.2, 0.25) is 11.9 Å². The van der Waals surface area contributed by atoms with E-state index in [0.29, 0.717) is 27.9 Å². The van der Waals surface area contributed by atoms with Gasteiger partial charge in [-0.3, -0.25) is 4.40 Å². The van der Waals surface area contributed by atoms with Crippen molar-refractivity contribution in [1.29, 1.82) is 0 Å².